The summed E-state index contributed by atoms with van der Waals surface area (Å²) in [7, 11) is 2.25. The zero-order chi connectivity index (χ0) is 14.7. The zero-order valence-corrected chi connectivity index (χ0v) is 14.7. The molecule has 19 heavy (non-hydrogen) atoms. The van der Waals surface area contributed by atoms with Crippen molar-refractivity contribution in [3.63, 3.8) is 0 Å². The summed E-state index contributed by atoms with van der Waals surface area (Å²) in [5, 5.41) is 0. The summed E-state index contributed by atoms with van der Waals surface area (Å²) in [6.45, 7) is 7.70. The zero-order valence-electron chi connectivity index (χ0n) is 13.9. The molecule has 116 valence electrons. The summed E-state index contributed by atoms with van der Waals surface area (Å²) < 4.78 is 0. The predicted octanol–water partition coefficient (Wildman–Crippen LogP) is 4.14. The Morgan fingerprint density at radius 2 is 1.84 bits per heavy atom. The van der Waals surface area contributed by atoms with Crippen LogP contribution in [0.2, 0.25) is 0 Å². The summed E-state index contributed by atoms with van der Waals surface area (Å²) in [5.74, 6) is 1.24. The van der Waals surface area contributed by atoms with Gasteiger partial charge in [-0.2, -0.15) is 11.8 Å². The number of thioether (sulfide) groups is 1. The van der Waals surface area contributed by atoms with Crippen molar-refractivity contribution in [1.29, 1.82) is 0 Å². The van der Waals surface area contributed by atoms with Gasteiger partial charge in [0, 0.05) is 18.1 Å². The number of likely N-dealkylation sites (N-methyl/N-ethyl adjacent to an activating group) is 1. The number of nitrogens with two attached hydrogens (primary N) is 1. The van der Waals surface area contributed by atoms with Crippen molar-refractivity contribution in [3.05, 3.63) is 0 Å². The van der Waals surface area contributed by atoms with Gasteiger partial charge in [-0.1, -0.05) is 39.0 Å². The van der Waals surface area contributed by atoms with Gasteiger partial charge in [-0.05, 0) is 45.7 Å². The fraction of sp³-hybridized carbons (Fsp3) is 1.00. The summed E-state index contributed by atoms with van der Waals surface area (Å²) in [5.41, 5.74) is 6.24. The van der Waals surface area contributed by atoms with Crippen LogP contribution in [0.4, 0.5) is 0 Å². The van der Waals surface area contributed by atoms with Crippen LogP contribution in [0, 0.1) is 0 Å². The Balaban J connectivity index is 4.16. The van der Waals surface area contributed by atoms with Gasteiger partial charge < -0.3 is 5.73 Å². The van der Waals surface area contributed by atoms with E-state index in [0.29, 0.717) is 6.04 Å². The molecule has 0 spiro atoms. The van der Waals surface area contributed by atoms with Crippen LogP contribution in [0.25, 0.3) is 0 Å². The molecule has 0 radical (unpaired) electrons. The van der Waals surface area contributed by atoms with E-state index in [1.165, 1.54) is 50.7 Å². The molecule has 0 rings (SSSR count). The van der Waals surface area contributed by atoms with Crippen molar-refractivity contribution < 1.29 is 0 Å². The Bertz CT molecular complexity index is 211. The van der Waals surface area contributed by atoms with Gasteiger partial charge in [0.1, 0.15) is 0 Å². The molecule has 0 aliphatic carbocycles. The van der Waals surface area contributed by atoms with E-state index in [1.807, 2.05) is 11.8 Å². The Morgan fingerprint density at radius 3 is 2.37 bits per heavy atom. The molecule has 2 unspecified atom stereocenters. The van der Waals surface area contributed by atoms with Crippen molar-refractivity contribution in [2.75, 3.05) is 25.6 Å². The van der Waals surface area contributed by atoms with Crippen LogP contribution >= 0.6 is 11.8 Å². The highest BCUT2D eigenvalue weighted by molar-refractivity contribution is 7.98. The second-order valence-electron chi connectivity index (χ2n) is 6.11. The molecule has 2 N–H and O–H groups in total. The molecule has 0 fully saturated rings. The van der Waals surface area contributed by atoms with Gasteiger partial charge in [-0.15, -0.1) is 0 Å². The first kappa shape index (κ1) is 19.3. The molecular weight excluding hydrogens is 252 g/mol. The molecule has 0 aromatic carbocycles. The van der Waals surface area contributed by atoms with Crippen LogP contribution < -0.4 is 5.73 Å². The molecule has 2 nitrogen and oxygen atoms in total. The molecule has 2 atom stereocenters. The molecule has 3 heteroatoms. The van der Waals surface area contributed by atoms with Crippen LogP contribution in [0.1, 0.15) is 65.7 Å². The molecule has 0 aromatic rings. The van der Waals surface area contributed by atoms with Crippen molar-refractivity contribution in [2.45, 2.75) is 77.3 Å². The summed E-state index contributed by atoms with van der Waals surface area (Å²) in [4.78, 5) is 2.52. The van der Waals surface area contributed by atoms with E-state index >= 15 is 0 Å². The van der Waals surface area contributed by atoms with Gasteiger partial charge in [0.2, 0.25) is 0 Å². The van der Waals surface area contributed by atoms with E-state index in [9.17, 15) is 0 Å². The normalized spacial score (nSPS) is 16.6. The lowest BCUT2D eigenvalue weighted by Gasteiger charge is -2.42. The molecule has 0 amide bonds. The molecular formula is C16H36N2S. The number of unbranched alkanes of at least 4 members (excludes halogenated alkanes) is 4. The highest BCUT2D eigenvalue weighted by atomic mass is 32.2. The second kappa shape index (κ2) is 11.0. The van der Waals surface area contributed by atoms with Crippen molar-refractivity contribution >= 4 is 11.8 Å². The van der Waals surface area contributed by atoms with E-state index in [0.717, 1.165) is 6.54 Å². The van der Waals surface area contributed by atoms with E-state index in [2.05, 4.69) is 39.0 Å². The third-order valence-corrected chi connectivity index (χ3v) is 5.16. The van der Waals surface area contributed by atoms with Crippen molar-refractivity contribution in [3.8, 4) is 0 Å². The van der Waals surface area contributed by atoms with E-state index in [1.54, 1.807) is 0 Å². The lowest BCUT2D eigenvalue weighted by Crippen LogP contribution is -2.53. The molecule has 0 saturated heterocycles. The third-order valence-electron chi connectivity index (χ3n) is 4.51. The SMILES string of the molecule is CCCCCCCC(C)(CN)N(C)C(C)CCSC. The monoisotopic (exact) mass is 288 g/mol. The van der Waals surface area contributed by atoms with Gasteiger partial charge in [0.25, 0.3) is 0 Å². The number of rotatable bonds is 12. The number of hydrogen-bond donors (Lipinski definition) is 1. The van der Waals surface area contributed by atoms with Crippen LogP contribution in [0.5, 0.6) is 0 Å². The second-order valence-corrected chi connectivity index (χ2v) is 7.09. The van der Waals surface area contributed by atoms with E-state index in [-0.39, 0.29) is 5.54 Å². The number of nitrogens with zero attached hydrogens (tertiary/aromatic N) is 1. The fourth-order valence-electron chi connectivity index (χ4n) is 2.55. The topological polar surface area (TPSA) is 29.3 Å². The Kier molecular flexibility index (Phi) is 11.1. The van der Waals surface area contributed by atoms with E-state index < -0.39 is 0 Å². The van der Waals surface area contributed by atoms with Crippen LogP contribution in [0.15, 0.2) is 0 Å². The highest BCUT2D eigenvalue weighted by Gasteiger charge is 2.29. The fourth-order valence-corrected chi connectivity index (χ4v) is 3.12. The lowest BCUT2D eigenvalue weighted by molar-refractivity contribution is 0.0878. The molecule has 0 bridgehead atoms. The highest BCUT2D eigenvalue weighted by Crippen LogP contribution is 2.24. The first-order valence-corrected chi connectivity index (χ1v) is 9.33. The predicted molar refractivity (Wildman–Crippen MR) is 91.1 cm³/mol. The van der Waals surface area contributed by atoms with Crippen molar-refractivity contribution in [1.82, 2.24) is 4.90 Å². The molecule has 0 saturated carbocycles. The quantitative estimate of drug-likeness (QED) is 0.547. The molecule has 0 aliphatic heterocycles. The van der Waals surface area contributed by atoms with Crippen LogP contribution in [-0.4, -0.2) is 42.1 Å². The Labute approximate surface area is 125 Å². The Morgan fingerprint density at radius 1 is 1.21 bits per heavy atom. The number of hydrogen-bond acceptors (Lipinski definition) is 3. The largest absolute Gasteiger partial charge is 0.329 e. The minimum absolute atomic E-state index is 0.171. The van der Waals surface area contributed by atoms with Gasteiger partial charge >= 0.3 is 0 Å². The third kappa shape index (κ3) is 7.57. The summed E-state index contributed by atoms with van der Waals surface area (Å²) >= 11 is 1.93. The lowest BCUT2D eigenvalue weighted by atomic mass is 9.90. The maximum atomic E-state index is 6.07. The maximum Gasteiger partial charge on any atom is 0.0303 e. The van der Waals surface area contributed by atoms with Crippen LogP contribution in [-0.2, 0) is 0 Å². The average Bonchev–Trinajstić information content (AvgIpc) is 2.43. The van der Waals surface area contributed by atoms with E-state index in [4.69, 9.17) is 5.73 Å². The van der Waals surface area contributed by atoms with Crippen molar-refractivity contribution in [2.24, 2.45) is 5.73 Å². The van der Waals surface area contributed by atoms with Gasteiger partial charge in [-0.25, -0.2) is 0 Å². The molecule has 0 heterocycles. The summed E-state index contributed by atoms with van der Waals surface area (Å²) in [6.07, 6.45) is 11.4. The first-order valence-electron chi connectivity index (χ1n) is 7.93. The molecule has 0 aliphatic rings. The van der Waals surface area contributed by atoms with Crippen LogP contribution in [0.3, 0.4) is 0 Å². The minimum atomic E-state index is 0.171. The smallest absolute Gasteiger partial charge is 0.0303 e. The first-order chi connectivity index (χ1) is 9.01. The van der Waals surface area contributed by atoms with Gasteiger partial charge in [0.05, 0.1) is 0 Å². The maximum absolute atomic E-state index is 6.07. The molecule has 0 aromatic heterocycles. The standard InChI is InChI=1S/C16H36N2S/c1-6-7-8-9-10-12-16(3,14-17)18(4)15(2)11-13-19-5/h15H,6-14,17H2,1-5H3. The summed E-state index contributed by atoms with van der Waals surface area (Å²) in [6, 6.07) is 0.622. The van der Waals surface area contributed by atoms with Gasteiger partial charge in [-0.3, -0.25) is 4.90 Å². The minimum Gasteiger partial charge on any atom is -0.329 e. The van der Waals surface area contributed by atoms with Gasteiger partial charge in [0.15, 0.2) is 0 Å². The average molecular weight is 289 g/mol. The Hall–Kier alpha value is 0.270.